The first-order chi connectivity index (χ1) is 9.17. The molecule has 5 heteroatoms. The third-order valence-electron chi connectivity index (χ3n) is 4.99. The molecule has 1 heterocycles. The van der Waals surface area contributed by atoms with Crippen LogP contribution in [0.1, 0.15) is 61.3 Å². The van der Waals surface area contributed by atoms with E-state index >= 15 is 0 Å². The van der Waals surface area contributed by atoms with E-state index in [1.165, 1.54) is 0 Å². The van der Waals surface area contributed by atoms with Gasteiger partial charge in [-0.1, -0.05) is 34.1 Å². The molecule has 1 rings (SSSR count). The number of hydrogen-bond acceptors (Lipinski definition) is 4. The van der Waals surface area contributed by atoms with Crippen molar-refractivity contribution >= 4 is 7.60 Å². The predicted molar refractivity (Wildman–Crippen MR) is 84.0 cm³/mol. The van der Waals surface area contributed by atoms with Gasteiger partial charge in [-0.3, -0.25) is 9.88 Å². The van der Waals surface area contributed by atoms with Gasteiger partial charge in [-0.2, -0.15) is 0 Å². The number of rotatable bonds is 7. The topological polar surface area (TPSA) is 47.6 Å². The van der Waals surface area contributed by atoms with Gasteiger partial charge in [-0.05, 0) is 38.5 Å². The quantitative estimate of drug-likeness (QED) is 0.708. The van der Waals surface area contributed by atoms with Gasteiger partial charge in [0.25, 0.3) is 0 Å². The monoisotopic (exact) mass is 305 g/mol. The van der Waals surface area contributed by atoms with Crippen molar-refractivity contribution in [1.29, 1.82) is 0 Å². The SMILES string of the molecule is CCOP(=O)(OCC)[C@@]1(C)N[C@@H](C(C)CC)CC1(C)C. The fourth-order valence-electron chi connectivity index (χ4n) is 3.07. The molecular weight excluding hydrogens is 273 g/mol. The molecule has 1 fully saturated rings. The van der Waals surface area contributed by atoms with Gasteiger partial charge in [-0.25, -0.2) is 0 Å². The third kappa shape index (κ3) is 2.99. The van der Waals surface area contributed by atoms with E-state index in [9.17, 15) is 4.57 Å². The molecule has 0 spiro atoms. The summed E-state index contributed by atoms with van der Waals surface area (Å²) in [4.78, 5) is 0. The molecule has 1 aliphatic rings. The molecule has 1 saturated heterocycles. The minimum atomic E-state index is -3.20. The molecule has 0 aromatic carbocycles. The Morgan fingerprint density at radius 2 is 1.70 bits per heavy atom. The van der Waals surface area contributed by atoms with Crippen LogP contribution in [0.2, 0.25) is 0 Å². The lowest BCUT2D eigenvalue weighted by Gasteiger charge is -2.42. The lowest BCUT2D eigenvalue weighted by molar-refractivity contribution is 0.158. The normalized spacial score (nSPS) is 31.4. The molecule has 0 bridgehead atoms. The summed E-state index contributed by atoms with van der Waals surface area (Å²) in [5.41, 5.74) is -0.138. The van der Waals surface area contributed by atoms with E-state index in [0.717, 1.165) is 12.8 Å². The summed E-state index contributed by atoms with van der Waals surface area (Å²) < 4.78 is 24.6. The van der Waals surface area contributed by atoms with E-state index in [4.69, 9.17) is 9.05 Å². The molecule has 0 aromatic rings. The summed E-state index contributed by atoms with van der Waals surface area (Å²) in [5, 5.41) is 2.97. The molecule has 0 saturated carbocycles. The number of hydrogen-bond donors (Lipinski definition) is 1. The molecule has 0 radical (unpaired) electrons. The van der Waals surface area contributed by atoms with Crippen LogP contribution >= 0.6 is 7.60 Å². The van der Waals surface area contributed by atoms with Gasteiger partial charge >= 0.3 is 7.60 Å². The van der Waals surface area contributed by atoms with E-state index in [-0.39, 0.29) is 5.41 Å². The van der Waals surface area contributed by atoms with Gasteiger partial charge < -0.3 is 9.05 Å². The Labute approximate surface area is 124 Å². The standard InChI is InChI=1S/C15H32NO3P/c1-8-12(4)13-11-14(5,6)15(7,16-13)20(17,18-9-2)19-10-3/h12-13,16H,8-11H2,1-7H3/t12?,13-,15-/m1/s1. The van der Waals surface area contributed by atoms with Gasteiger partial charge in [0.2, 0.25) is 0 Å². The Hall–Kier alpha value is 0.110. The van der Waals surface area contributed by atoms with Crippen molar-refractivity contribution in [2.24, 2.45) is 11.3 Å². The van der Waals surface area contributed by atoms with Crippen LogP contribution in [-0.2, 0) is 13.6 Å². The molecule has 4 nitrogen and oxygen atoms in total. The summed E-state index contributed by atoms with van der Waals surface area (Å²) in [6.45, 7) is 15.3. The summed E-state index contributed by atoms with van der Waals surface area (Å²) in [7, 11) is -3.20. The first kappa shape index (κ1) is 18.2. The van der Waals surface area contributed by atoms with E-state index in [1.54, 1.807) is 0 Å². The van der Waals surface area contributed by atoms with E-state index in [2.05, 4.69) is 33.0 Å². The summed E-state index contributed by atoms with van der Waals surface area (Å²) in [5.74, 6) is 0.549. The fourth-order valence-corrected chi connectivity index (χ4v) is 5.50. The van der Waals surface area contributed by atoms with Gasteiger partial charge in [0, 0.05) is 6.04 Å². The van der Waals surface area contributed by atoms with E-state index in [1.807, 2.05) is 20.8 Å². The molecule has 20 heavy (non-hydrogen) atoms. The second-order valence-corrected chi connectivity index (χ2v) is 9.04. The fraction of sp³-hybridized carbons (Fsp3) is 1.00. The van der Waals surface area contributed by atoms with Crippen molar-refractivity contribution in [2.75, 3.05) is 13.2 Å². The maximum Gasteiger partial charge on any atom is 0.350 e. The second kappa shape index (κ2) is 6.48. The van der Waals surface area contributed by atoms with Crippen molar-refractivity contribution in [3.05, 3.63) is 0 Å². The van der Waals surface area contributed by atoms with Crippen LogP contribution in [0.25, 0.3) is 0 Å². The van der Waals surface area contributed by atoms with Crippen LogP contribution in [0.4, 0.5) is 0 Å². The highest BCUT2D eigenvalue weighted by molar-refractivity contribution is 7.55. The summed E-state index contributed by atoms with van der Waals surface area (Å²) in [6, 6.07) is 0.356. The molecule has 1 aliphatic heterocycles. The zero-order chi connectivity index (χ0) is 15.6. The van der Waals surface area contributed by atoms with Crippen molar-refractivity contribution in [3.8, 4) is 0 Å². The Morgan fingerprint density at radius 3 is 2.10 bits per heavy atom. The minimum absolute atomic E-state index is 0.138. The average Bonchev–Trinajstić information content (AvgIpc) is 2.61. The molecule has 120 valence electrons. The second-order valence-electron chi connectivity index (χ2n) is 6.63. The first-order valence-corrected chi connectivity index (χ1v) is 9.38. The van der Waals surface area contributed by atoms with Crippen LogP contribution in [-0.4, -0.2) is 24.5 Å². The maximum atomic E-state index is 13.3. The molecule has 1 N–H and O–H groups in total. The summed E-state index contributed by atoms with van der Waals surface area (Å²) in [6.07, 6.45) is 2.10. The lowest BCUT2D eigenvalue weighted by Crippen LogP contribution is -2.49. The molecule has 0 amide bonds. The molecule has 0 aliphatic carbocycles. The van der Waals surface area contributed by atoms with Gasteiger partial charge in [0.05, 0.1) is 13.2 Å². The van der Waals surface area contributed by atoms with Crippen molar-refractivity contribution in [1.82, 2.24) is 5.32 Å². The largest absolute Gasteiger partial charge is 0.350 e. The summed E-state index contributed by atoms with van der Waals surface area (Å²) >= 11 is 0. The Kier molecular flexibility index (Phi) is 5.88. The third-order valence-corrected chi connectivity index (χ3v) is 8.02. The zero-order valence-corrected chi connectivity index (χ0v) is 15.0. The number of nitrogens with one attached hydrogen (secondary N) is 1. The van der Waals surface area contributed by atoms with Crippen LogP contribution in [0.15, 0.2) is 0 Å². The Morgan fingerprint density at radius 1 is 1.20 bits per heavy atom. The average molecular weight is 305 g/mol. The smallest absolute Gasteiger partial charge is 0.308 e. The van der Waals surface area contributed by atoms with Crippen molar-refractivity contribution in [2.45, 2.75) is 72.6 Å². The molecule has 0 aromatic heterocycles. The Balaban J connectivity index is 3.13. The highest BCUT2D eigenvalue weighted by Crippen LogP contribution is 2.68. The zero-order valence-electron chi connectivity index (χ0n) is 14.2. The predicted octanol–water partition coefficient (Wildman–Crippen LogP) is 4.40. The highest BCUT2D eigenvalue weighted by atomic mass is 31.2. The van der Waals surface area contributed by atoms with Crippen LogP contribution in [0.3, 0.4) is 0 Å². The van der Waals surface area contributed by atoms with E-state index in [0.29, 0.717) is 25.2 Å². The van der Waals surface area contributed by atoms with Crippen LogP contribution < -0.4 is 5.32 Å². The lowest BCUT2D eigenvalue weighted by atomic mass is 9.82. The van der Waals surface area contributed by atoms with Crippen LogP contribution in [0.5, 0.6) is 0 Å². The van der Waals surface area contributed by atoms with Crippen LogP contribution in [0, 0.1) is 11.3 Å². The maximum absolute atomic E-state index is 13.3. The first-order valence-electron chi connectivity index (χ1n) is 7.84. The molecule has 1 unspecified atom stereocenters. The van der Waals surface area contributed by atoms with Gasteiger partial charge in [-0.15, -0.1) is 0 Å². The molecule has 3 atom stereocenters. The van der Waals surface area contributed by atoms with E-state index < -0.39 is 12.9 Å². The van der Waals surface area contributed by atoms with Gasteiger partial charge in [0.15, 0.2) is 0 Å². The van der Waals surface area contributed by atoms with Crippen molar-refractivity contribution in [3.63, 3.8) is 0 Å². The highest BCUT2D eigenvalue weighted by Gasteiger charge is 2.62. The Bertz CT molecular complexity index is 362. The molecular formula is C15H32NO3P. The van der Waals surface area contributed by atoms with Crippen molar-refractivity contribution < 1.29 is 13.6 Å². The van der Waals surface area contributed by atoms with Gasteiger partial charge in [0.1, 0.15) is 5.28 Å². The minimum Gasteiger partial charge on any atom is -0.308 e.